The largest absolute Gasteiger partial charge is 0.0312 e. The molecule has 1 atom stereocenters. The van der Waals surface area contributed by atoms with Gasteiger partial charge in [0.05, 0.1) is 0 Å². The first-order chi connectivity index (χ1) is 13.0. The van der Waals surface area contributed by atoms with Gasteiger partial charge in [-0.15, -0.1) is 0 Å². The molecule has 0 N–H and O–H groups in total. The molecule has 2 saturated carbocycles. The third kappa shape index (κ3) is 11.4. The molecule has 0 heterocycles. The topological polar surface area (TPSA) is 29.5 Å². The molecule has 28 heavy (non-hydrogen) atoms. The number of rotatable bonds is 9. The van der Waals surface area contributed by atoms with Crippen LogP contribution in [0.25, 0.3) is 0 Å². The summed E-state index contributed by atoms with van der Waals surface area (Å²) in [5.41, 5.74) is 0. The van der Waals surface area contributed by atoms with Gasteiger partial charge in [-0.1, -0.05) is 0 Å². The summed E-state index contributed by atoms with van der Waals surface area (Å²) in [6.45, 7) is 6.67. The van der Waals surface area contributed by atoms with Gasteiger partial charge < -0.3 is 0 Å². The van der Waals surface area contributed by atoms with Crippen molar-refractivity contribution in [2.75, 3.05) is 20.7 Å². The summed E-state index contributed by atoms with van der Waals surface area (Å²) in [6, 6.07) is 0.391. The van der Waals surface area contributed by atoms with Gasteiger partial charge >= 0.3 is 143 Å². The van der Waals surface area contributed by atoms with Gasteiger partial charge in [0.1, 0.15) is 0 Å². The average molecular weight is 490 g/mol. The first-order valence-electron chi connectivity index (χ1n) is 9.63. The second kappa shape index (κ2) is 16.9. The summed E-state index contributed by atoms with van der Waals surface area (Å²) >= 11 is 0.186. The van der Waals surface area contributed by atoms with Crippen LogP contribution in [0.5, 0.6) is 0 Å². The second-order valence-corrected chi connectivity index (χ2v) is 8.97. The SMILES string of the molecule is CCCC/C(=C/C(=O)OCC)[Se][C]1[CH][CH][CH][C]1[C@@H](C)N(C)C.[CH]1[CH][CH][CH][CH]1.[Fe]. The van der Waals surface area contributed by atoms with E-state index >= 15 is 0 Å². The van der Waals surface area contributed by atoms with Crippen LogP contribution in [0.4, 0.5) is 0 Å². The van der Waals surface area contributed by atoms with Crippen LogP contribution in [0.1, 0.15) is 40.0 Å². The van der Waals surface area contributed by atoms with Crippen LogP contribution >= 0.6 is 0 Å². The number of carbonyl (C=O) groups is 1. The molecule has 0 amide bonds. The van der Waals surface area contributed by atoms with Crippen molar-refractivity contribution in [2.45, 2.75) is 46.1 Å². The van der Waals surface area contributed by atoms with Gasteiger partial charge in [-0.05, 0) is 32.1 Å². The molecule has 3 nitrogen and oxygen atoms in total. The average Bonchev–Trinajstić information content (AvgIpc) is 3.34. The van der Waals surface area contributed by atoms with E-state index in [2.05, 4.69) is 52.1 Å². The first kappa shape index (κ1) is 28.2. The van der Waals surface area contributed by atoms with Crippen LogP contribution in [0.3, 0.4) is 0 Å². The van der Waals surface area contributed by atoms with Gasteiger partial charge in [-0.25, -0.2) is 0 Å². The molecule has 0 aromatic carbocycles. The molecule has 2 rings (SSSR count). The van der Waals surface area contributed by atoms with Crippen LogP contribution in [-0.2, 0) is 26.6 Å². The fourth-order valence-corrected chi connectivity index (χ4v) is 4.91. The van der Waals surface area contributed by atoms with Gasteiger partial charge in [-0.2, -0.15) is 0 Å². The van der Waals surface area contributed by atoms with Crippen LogP contribution in [0.15, 0.2) is 10.5 Å². The Hall–Kier alpha value is 0.209. The zero-order valence-electron chi connectivity index (χ0n) is 17.6. The van der Waals surface area contributed by atoms with Gasteiger partial charge in [0.15, 0.2) is 0 Å². The molecule has 0 bridgehead atoms. The van der Waals surface area contributed by atoms with E-state index in [-0.39, 0.29) is 38.0 Å². The molecule has 2 aliphatic rings. The van der Waals surface area contributed by atoms with Gasteiger partial charge in [0.25, 0.3) is 0 Å². The van der Waals surface area contributed by atoms with Crippen molar-refractivity contribution in [1.29, 1.82) is 0 Å². The minimum absolute atomic E-state index is 0. The van der Waals surface area contributed by atoms with Crippen molar-refractivity contribution in [3.63, 3.8) is 0 Å². The predicted molar refractivity (Wildman–Crippen MR) is 114 cm³/mol. The van der Waals surface area contributed by atoms with Gasteiger partial charge in [-0.3, -0.25) is 0 Å². The molecule has 0 aromatic heterocycles. The second-order valence-electron chi connectivity index (χ2n) is 6.52. The third-order valence-corrected chi connectivity index (χ3v) is 6.64. The van der Waals surface area contributed by atoms with E-state index in [1.54, 1.807) is 6.08 Å². The summed E-state index contributed by atoms with van der Waals surface area (Å²) in [6.07, 6.45) is 21.5. The van der Waals surface area contributed by atoms with Crippen molar-refractivity contribution < 1.29 is 26.6 Å². The molecule has 0 aromatic rings. The van der Waals surface area contributed by atoms with Crippen LogP contribution in [-0.4, -0.2) is 52.6 Å². The smallest absolute Gasteiger partial charge is 0 e. The van der Waals surface area contributed by atoms with Crippen molar-refractivity contribution in [3.8, 4) is 0 Å². The minimum Gasteiger partial charge on any atom is -0.0312 e. The van der Waals surface area contributed by atoms with E-state index in [0.717, 1.165) is 19.3 Å². The summed E-state index contributed by atoms with van der Waals surface area (Å²) in [5.74, 6) is 1.17. The van der Waals surface area contributed by atoms with Crippen LogP contribution < -0.4 is 0 Å². The number of esters is 1. The zero-order valence-corrected chi connectivity index (χ0v) is 20.4. The number of nitrogens with zero attached hydrogens (tertiary/aromatic N) is 1. The fraction of sp³-hybridized carbons (Fsp3) is 0.435. The van der Waals surface area contributed by atoms with Gasteiger partial charge in [0.2, 0.25) is 0 Å². The Labute approximate surface area is 191 Å². The van der Waals surface area contributed by atoms with Crippen LogP contribution in [0, 0.1) is 62.1 Å². The molecule has 0 unspecified atom stereocenters. The standard InChI is InChI=1S/C18H28NO2Se.C5H5.Fe/c1-6-8-10-15(13-18(20)21-7-2)22-17-12-9-11-16(17)14(3)19(4)5;1-2-4-5-3-1;/h9,11-14H,6-8,10H2,1-5H3;1-5H;/b15-13-;;/t14-;;/m1../s1. The quantitative estimate of drug-likeness (QED) is 0.278. The van der Waals surface area contributed by atoms with Crippen molar-refractivity contribution in [2.24, 2.45) is 0 Å². The van der Waals surface area contributed by atoms with Crippen molar-refractivity contribution >= 4 is 20.9 Å². The Morgan fingerprint density at radius 1 is 1.11 bits per heavy atom. The van der Waals surface area contributed by atoms with E-state index in [1.807, 2.05) is 39.0 Å². The van der Waals surface area contributed by atoms with Crippen molar-refractivity contribution in [1.82, 2.24) is 4.90 Å². The molecule has 10 radical (unpaired) electrons. The normalized spacial score (nSPS) is 19.1. The Kier molecular flexibility index (Phi) is 17.1. The Morgan fingerprint density at radius 3 is 2.21 bits per heavy atom. The summed E-state index contributed by atoms with van der Waals surface area (Å²) in [5, 5.41) is 0. The molecule has 2 aliphatic carbocycles. The monoisotopic (exact) mass is 491 g/mol. The first-order valence-corrected chi connectivity index (χ1v) is 11.3. The van der Waals surface area contributed by atoms with E-state index in [0.29, 0.717) is 12.6 Å². The summed E-state index contributed by atoms with van der Waals surface area (Å²) in [7, 11) is 4.20. The molecular weight excluding hydrogens is 457 g/mol. The number of unbranched alkanes of at least 4 members (excludes halogenated alkanes) is 1. The molecule has 0 saturated heterocycles. The van der Waals surface area contributed by atoms with E-state index in [1.165, 1.54) is 15.2 Å². The molecule has 0 spiro atoms. The zero-order chi connectivity index (χ0) is 20.1. The number of carbonyl (C=O) groups excluding carboxylic acids is 1. The maximum absolute atomic E-state index is 11.8. The Balaban J connectivity index is 0.00000105. The molecule has 5 heteroatoms. The predicted octanol–water partition coefficient (Wildman–Crippen LogP) is 4.03. The van der Waals surface area contributed by atoms with Crippen LogP contribution in [0.2, 0.25) is 0 Å². The maximum Gasteiger partial charge on any atom is 0 e. The minimum atomic E-state index is -0.204. The summed E-state index contributed by atoms with van der Waals surface area (Å²) < 4.78 is 6.30. The molecule has 0 aliphatic heterocycles. The number of hydrogen-bond acceptors (Lipinski definition) is 3. The molecule has 156 valence electrons. The number of ether oxygens (including phenoxy) is 1. The van der Waals surface area contributed by atoms with E-state index < -0.39 is 0 Å². The fourth-order valence-electron chi connectivity index (χ4n) is 2.41. The third-order valence-electron chi connectivity index (χ3n) is 4.17. The number of hydrogen-bond donors (Lipinski definition) is 0. The van der Waals surface area contributed by atoms with E-state index in [4.69, 9.17) is 4.74 Å². The maximum atomic E-state index is 11.8. The summed E-state index contributed by atoms with van der Waals surface area (Å²) in [4.78, 5) is 15.4. The Bertz CT molecular complexity index is 431. The van der Waals surface area contributed by atoms with Crippen molar-refractivity contribution in [3.05, 3.63) is 72.6 Å². The molecule has 2 fully saturated rings. The number of allylic oxidation sites excluding steroid dienone is 1. The van der Waals surface area contributed by atoms with E-state index in [9.17, 15) is 4.79 Å². The van der Waals surface area contributed by atoms with Gasteiger partial charge in [0, 0.05) is 17.1 Å². The Morgan fingerprint density at radius 2 is 1.71 bits per heavy atom. The molecular formula is C23H33FeNO2Se.